The highest BCUT2D eigenvalue weighted by molar-refractivity contribution is 7.91. The van der Waals surface area contributed by atoms with Crippen LogP contribution in [0.15, 0.2) is 18.2 Å². The van der Waals surface area contributed by atoms with Crippen LogP contribution in [-0.2, 0) is 16.3 Å². The summed E-state index contributed by atoms with van der Waals surface area (Å²) in [5.74, 6) is 1.38. The fourth-order valence-corrected chi connectivity index (χ4v) is 4.19. The Labute approximate surface area is 114 Å². The number of nitrogens with one attached hydrogen (secondary N) is 1. The Morgan fingerprint density at radius 1 is 1.21 bits per heavy atom. The summed E-state index contributed by atoms with van der Waals surface area (Å²) in [7, 11) is -2.82. The Hall–Kier alpha value is -1.23. The largest absolute Gasteiger partial charge is 0.488 e. The Morgan fingerprint density at radius 2 is 2.00 bits per heavy atom. The van der Waals surface area contributed by atoms with E-state index in [1.54, 1.807) is 0 Å². The standard InChI is InChI=1S/C14H19NO3S/c16-19(17)9-6-12(7-10-19)18-13-5-1-3-11-4-2-8-15-14(11)13/h1,3,5,12,15H,2,4,6-10H2. The maximum absolute atomic E-state index is 11.4. The van der Waals surface area contributed by atoms with Crippen molar-refractivity contribution in [2.75, 3.05) is 23.4 Å². The van der Waals surface area contributed by atoms with E-state index in [0.29, 0.717) is 12.8 Å². The zero-order chi connectivity index (χ0) is 13.3. The number of sulfone groups is 1. The first-order valence-corrected chi connectivity index (χ1v) is 8.69. The summed E-state index contributed by atoms with van der Waals surface area (Å²) in [5.41, 5.74) is 2.40. The molecule has 3 rings (SSSR count). The molecule has 0 amide bonds. The molecule has 1 aromatic rings. The monoisotopic (exact) mass is 281 g/mol. The van der Waals surface area contributed by atoms with Crippen molar-refractivity contribution in [2.24, 2.45) is 0 Å². The van der Waals surface area contributed by atoms with Crippen LogP contribution in [0, 0.1) is 0 Å². The van der Waals surface area contributed by atoms with Gasteiger partial charge in [-0.3, -0.25) is 0 Å². The fourth-order valence-electron chi connectivity index (χ4n) is 2.74. The van der Waals surface area contributed by atoms with Gasteiger partial charge in [0.1, 0.15) is 11.9 Å². The van der Waals surface area contributed by atoms with Gasteiger partial charge >= 0.3 is 0 Å². The molecule has 104 valence electrons. The molecule has 0 aliphatic carbocycles. The van der Waals surface area contributed by atoms with E-state index < -0.39 is 9.84 Å². The van der Waals surface area contributed by atoms with Gasteiger partial charge in [0.2, 0.25) is 0 Å². The first-order chi connectivity index (χ1) is 9.14. The molecule has 2 heterocycles. The lowest BCUT2D eigenvalue weighted by atomic mass is 10.0. The van der Waals surface area contributed by atoms with Gasteiger partial charge in [-0.1, -0.05) is 12.1 Å². The highest BCUT2D eigenvalue weighted by Gasteiger charge is 2.26. The molecule has 0 aromatic heterocycles. The number of benzene rings is 1. The van der Waals surface area contributed by atoms with Gasteiger partial charge in [-0.05, 0) is 37.3 Å². The summed E-state index contributed by atoms with van der Waals surface area (Å²) in [4.78, 5) is 0. The quantitative estimate of drug-likeness (QED) is 0.901. The Bertz CT molecular complexity index is 554. The van der Waals surface area contributed by atoms with Crippen LogP contribution in [-0.4, -0.2) is 32.6 Å². The summed E-state index contributed by atoms with van der Waals surface area (Å²) >= 11 is 0. The minimum absolute atomic E-state index is 0.0266. The lowest BCUT2D eigenvalue weighted by Gasteiger charge is -2.27. The average molecular weight is 281 g/mol. The normalized spacial score (nSPS) is 22.3. The number of anilines is 1. The van der Waals surface area contributed by atoms with Crippen molar-refractivity contribution >= 4 is 15.5 Å². The van der Waals surface area contributed by atoms with Crippen LogP contribution in [0.25, 0.3) is 0 Å². The molecule has 2 aliphatic rings. The number of rotatable bonds is 2. The Morgan fingerprint density at radius 3 is 2.79 bits per heavy atom. The van der Waals surface area contributed by atoms with Crippen molar-refractivity contribution < 1.29 is 13.2 Å². The molecule has 0 atom stereocenters. The van der Waals surface area contributed by atoms with Gasteiger partial charge in [-0.2, -0.15) is 0 Å². The molecule has 0 bridgehead atoms. The molecule has 2 aliphatic heterocycles. The lowest BCUT2D eigenvalue weighted by molar-refractivity contribution is 0.190. The molecule has 5 heteroatoms. The number of fused-ring (bicyclic) bond motifs is 1. The van der Waals surface area contributed by atoms with E-state index in [-0.39, 0.29) is 17.6 Å². The maximum Gasteiger partial charge on any atom is 0.150 e. The zero-order valence-corrected chi connectivity index (χ0v) is 11.7. The molecule has 19 heavy (non-hydrogen) atoms. The second-order valence-corrected chi connectivity index (χ2v) is 7.59. The van der Waals surface area contributed by atoms with Crippen LogP contribution in [0.2, 0.25) is 0 Å². The SMILES string of the molecule is O=S1(=O)CCC(Oc2cccc3c2NCCC3)CC1. The summed E-state index contributed by atoms with van der Waals surface area (Å²) in [6.07, 6.45) is 3.47. The fraction of sp³-hybridized carbons (Fsp3) is 0.571. The maximum atomic E-state index is 11.4. The van der Waals surface area contributed by atoms with Crippen molar-refractivity contribution in [2.45, 2.75) is 31.8 Å². The first kappa shape index (κ1) is 12.8. The van der Waals surface area contributed by atoms with Gasteiger partial charge in [0.15, 0.2) is 9.84 Å². The van der Waals surface area contributed by atoms with E-state index in [1.807, 2.05) is 12.1 Å². The topological polar surface area (TPSA) is 55.4 Å². The molecule has 0 saturated carbocycles. The molecule has 1 N–H and O–H groups in total. The van der Waals surface area contributed by atoms with E-state index in [1.165, 1.54) is 5.56 Å². The van der Waals surface area contributed by atoms with Crippen LogP contribution in [0.4, 0.5) is 5.69 Å². The molecular weight excluding hydrogens is 262 g/mol. The van der Waals surface area contributed by atoms with Gasteiger partial charge in [0.25, 0.3) is 0 Å². The highest BCUT2D eigenvalue weighted by Crippen LogP contribution is 2.33. The third-order valence-electron chi connectivity index (χ3n) is 3.83. The van der Waals surface area contributed by atoms with Gasteiger partial charge in [-0.25, -0.2) is 8.42 Å². The van der Waals surface area contributed by atoms with E-state index in [9.17, 15) is 8.42 Å². The minimum atomic E-state index is -2.82. The van der Waals surface area contributed by atoms with Crippen LogP contribution in [0.5, 0.6) is 5.75 Å². The average Bonchev–Trinajstić information content (AvgIpc) is 2.42. The van der Waals surface area contributed by atoms with Crippen LogP contribution >= 0.6 is 0 Å². The summed E-state index contributed by atoms with van der Waals surface area (Å²) < 4.78 is 28.8. The number of hydrogen-bond acceptors (Lipinski definition) is 4. The number of para-hydroxylation sites is 1. The van der Waals surface area contributed by atoms with Crippen LogP contribution in [0.1, 0.15) is 24.8 Å². The number of ether oxygens (including phenoxy) is 1. The third-order valence-corrected chi connectivity index (χ3v) is 5.55. The smallest absolute Gasteiger partial charge is 0.150 e. The molecule has 1 fully saturated rings. The van der Waals surface area contributed by atoms with Crippen molar-refractivity contribution in [3.05, 3.63) is 23.8 Å². The lowest BCUT2D eigenvalue weighted by Crippen LogP contribution is -2.31. The van der Waals surface area contributed by atoms with Gasteiger partial charge in [-0.15, -0.1) is 0 Å². The predicted octanol–water partition coefficient (Wildman–Crippen LogP) is 2.00. The molecular formula is C14H19NO3S. The summed E-state index contributed by atoms with van der Waals surface area (Å²) in [5, 5.41) is 3.39. The van der Waals surface area contributed by atoms with Crippen LogP contribution < -0.4 is 10.1 Å². The minimum Gasteiger partial charge on any atom is -0.488 e. The second kappa shape index (κ2) is 5.04. The van der Waals surface area contributed by atoms with Crippen molar-refractivity contribution in [1.82, 2.24) is 0 Å². The van der Waals surface area contributed by atoms with E-state index in [0.717, 1.165) is 30.8 Å². The zero-order valence-electron chi connectivity index (χ0n) is 10.9. The van der Waals surface area contributed by atoms with Gasteiger partial charge in [0, 0.05) is 6.54 Å². The van der Waals surface area contributed by atoms with Gasteiger partial charge in [0.05, 0.1) is 17.2 Å². The second-order valence-electron chi connectivity index (χ2n) is 5.29. The van der Waals surface area contributed by atoms with E-state index >= 15 is 0 Å². The van der Waals surface area contributed by atoms with Gasteiger partial charge < -0.3 is 10.1 Å². The third kappa shape index (κ3) is 2.86. The number of hydrogen-bond donors (Lipinski definition) is 1. The predicted molar refractivity (Wildman–Crippen MR) is 75.6 cm³/mol. The van der Waals surface area contributed by atoms with E-state index in [2.05, 4.69) is 11.4 Å². The molecule has 0 unspecified atom stereocenters. The van der Waals surface area contributed by atoms with Crippen molar-refractivity contribution in [3.8, 4) is 5.75 Å². The molecule has 0 radical (unpaired) electrons. The first-order valence-electron chi connectivity index (χ1n) is 6.87. The summed E-state index contributed by atoms with van der Waals surface area (Å²) in [6.45, 7) is 0.979. The summed E-state index contributed by atoms with van der Waals surface area (Å²) in [6, 6.07) is 6.11. The van der Waals surface area contributed by atoms with E-state index in [4.69, 9.17) is 4.74 Å². The molecule has 1 aromatic carbocycles. The van der Waals surface area contributed by atoms with Crippen molar-refractivity contribution in [3.63, 3.8) is 0 Å². The number of aryl methyl sites for hydroxylation is 1. The molecule has 1 saturated heterocycles. The highest BCUT2D eigenvalue weighted by atomic mass is 32.2. The molecule has 4 nitrogen and oxygen atoms in total. The van der Waals surface area contributed by atoms with Crippen molar-refractivity contribution in [1.29, 1.82) is 0 Å². The van der Waals surface area contributed by atoms with Crippen LogP contribution in [0.3, 0.4) is 0 Å². The Balaban J connectivity index is 1.74. The molecule has 0 spiro atoms. The Kier molecular flexibility index (Phi) is 3.39.